The lowest BCUT2D eigenvalue weighted by molar-refractivity contribution is -0.137. The topological polar surface area (TPSA) is 45.2 Å². The minimum atomic E-state index is 0.155. The molecule has 19 heavy (non-hydrogen) atoms. The van der Waals surface area contributed by atoms with E-state index in [1.54, 1.807) is 12.4 Å². The zero-order chi connectivity index (χ0) is 13.2. The maximum absolute atomic E-state index is 12.7. The Kier molecular flexibility index (Phi) is 3.51. The van der Waals surface area contributed by atoms with Crippen LogP contribution in [0.5, 0.6) is 0 Å². The van der Waals surface area contributed by atoms with Gasteiger partial charge in [0.25, 0.3) is 0 Å². The highest BCUT2D eigenvalue weighted by Crippen LogP contribution is 2.31. The van der Waals surface area contributed by atoms with Crippen LogP contribution < -0.4 is 5.32 Å². The van der Waals surface area contributed by atoms with Gasteiger partial charge in [0, 0.05) is 31.0 Å². The number of nitrogens with one attached hydrogen (secondary N) is 1. The molecule has 4 nitrogen and oxygen atoms in total. The molecule has 1 aliphatic carbocycles. The largest absolute Gasteiger partial charge is 0.335 e. The number of hydrogen-bond donors (Lipinski definition) is 1. The normalized spacial score (nSPS) is 26.4. The first-order valence-corrected chi connectivity index (χ1v) is 7.18. The Balaban J connectivity index is 1.72. The van der Waals surface area contributed by atoms with Crippen LogP contribution in [0.2, 0.25) is 0 Å². The average Bonchev–Trinajstić information content (AvgIpc) is 3.18. The maximum Gasteiger partial charge on any atom is 0.227 e. The van der Waals surface area contributed by atoms with Crippen molar-refractivity contribution in [2.75, 3.05) is 6.54 Å². The monoisotopic (exact) mass is 259 g/mol. The van der Waals surface area contributed by atoms with E-state index in [9.17, 15) is 4.79 Å². The van der Waals surface area contributed by atoms with Gasteiger partial charge in [0.05, 0.1) is 5.92 Å². The van der Waals surface area contributed by atoms with Gasteiger partial charge in [-0.3, -0.25) is 9.78 Å². The molecule has 0 spiro atoms. The molecule has 1 saturated carbocycles. The molecule has 4 heteroatoms. The van der Waals surface area contributed by atoms with Gasteiger partial charge in [-0.1, -0.05) is 0 Å². The highest BCUT2D eigenvalue weighted by atomic mass is 16.2. The fraction of sp³-hybridized carbons (Fsp3) is 0.600. The number of hydrogen-bond acceptors (Lipinski definition) is 3. The van der Waals surface area contributed by atoms with Crippen molar-refractivity contribution < 1.29 is 4.79 Å². The fourth-order valence-corrected chi connectivity index (χ4v) is 2.87. The van der Waals surface area contributed by atoms with Crippen LogP contribution in [-0.2, 0) is 11.3 Å². The van der Waals surface area contributed by atoms with Gasteiger partial charge in [0.2, 0.25) is 5.91 Å². The predicted molar refractivity (Wildman–Crippen MR) is 73.4 cm³/mol. The van der Waals surface area contributed by atoms with Crippen molar-refractivity contribution in [1.29, 1.82) is 0 Å². The van der Waals surface area contributed by atoms with Crippen LogP contribution in [0.25, 0.3) is 0 Å². The molecule has 2 fully saturated rings. The summed E-state index contributed by atoms with van der Waals surface area (Å²) in [6.07, 6.45) is 6.88. The number of aromatic nitrogens is 1. The molecule has 1 amide bonds. The molecular weight excluding hydrogens is 238 g/mol. The predicted octanol–water partition coefficient (Wildman–Crippen LogP) is 1.57. The Morgan fingerprint density at radius 2 is 2.11 bits per heavy atom. The van der Waals surface area contributed by atoms with E-state index < -0.39 is 0 Å². The number of nitrogens with zero attached hydrogens (tertiary/aromatic N) is 2. The van der Waals surface area contributed by atoms with Gasteiger partial charge in [0.1, 0.15) is 0 Å². The molecule has 1 aromatic rings. The van der Waals surface area contributed by atoms with Gasteiger partial charge in [-0.15, -0.1) is 0 Å². The molecule has 1 N–H and O–H groups in total. The quantitative estimate of drug-likeness (QED) is 0.892. The van der Waals surface area contributed by atoms with Crippen molar-refractivity contribution in [2.45, 2.75) is 44.8 Å². The van der Waals surface area contributed by atoms with Crippen molar-refractivity contribution in [3.05, 3.63) is 30.1 Å². The van der Waals surface area contributed by atoms with E-state index >= 15 is 0 Å². The average molecular weight is 259 g/mol. The number of carbonyl (C=O) groups excluding carboxylic acids is 1. The first-order valence-electron chi connectivity index (χ1n) is 7.18. The van der Waals surface area contributed by atoms with Crippen molar-refractivity contribution in [1.82, 2.24) is 15.2 Å². The third-order valence-corrected chi connectivity index (χ3v) is 4.22. The molecule has 1 aliphatic heterocycles. The zero-order valence-electron chi connectivity index (χ0n) is 11.4. The van der Waals surface area contributed by atoms with Crippen LogP contribution in [-0.4, -0.2) is 34.4 Å². The Bertz CT molecular complexity index is 444. The van der Waals surface area contributed by atoms with Crippen LogP contribution in [0, 0.1) is 5.92 Å². The third-order valence-electron chi connectivity index (χ3n) is 4.22. The van der Waals surface area contributed by atoms with Gasteiger partial charge in [-0.05, 0) is 50.4 Å². The highest BCUT2D eigenvalue weighted by molar-refractivity contribution is 5.80. The van der Waals surface area contributed by atoms with Crippen molar-refractivity contribution in [3.63, 3.8) is 0 Å². The van der Waals surface area contributed by atoms with E-state index in [4.69, 9.17) is 0 Å². The molecule has 102 valence electrons. The van der Waals surface area contributed by atoms with Gasteiger partial charge < -0.3 is 10.2 Å². The van der Waals surface area contributed by atoms with Crippen molar-refractivity contribution >= 4 is 5.91 Å². The second kappa shape index (κ2) is 5.29. The molecule has 0 bridgehead atoms. The van der Waals surface area contributed by atoms with Crippen LogP contribution in [0.3, 0.4) is 0 Å². The zero-order valence-corrected chi connectivity index (χ0v) is 11.4. The van der Waals surface area contributed by atoms with Crippen LogP contribution >= 0.6 is 0 Å². The first kappa shape index (κ1) is 12.6. The lowest BCUT2D eigenvalue weighted by Crippen LogP contribution is -2.41. The molecule has 3 rings (SSSR count). The maximum atomic E-state index is 12.7. The molecule has 0 radical (unpaired) electrons. The smallest absolute Gasteiger partial charge is 0.227 e. The van der Waals surface area contributed by atoms with Crippen molar-refractivity contribution in [3.8, 4) is 0 Å². The molecule has 2 heterocycles. The third kappa shape index (κ3) is 2.78. The Labute approximate surface area is 114 Å². The summed E-state index contributed by atoms with van der Waals surface area (Å²) in [7, 11) is 0. The van der Waals surface area contributed by atoms with E-state index in [0.717, 1.165) is 32.4 Å². The Hall–Kier alpha value is -1.42. The summed E-state index contributed by atoms with van der Waals surface area (Å²) in [5, 5.41) is 3.37. The first-order chi connectivity index (χ1) is 9.25. The summed E-state index contributed by atoms with van der Waals surface area (Å²) in [4.78, 5) is 18.8. The lowest BCUT2D eigenvalue weighted by atomic mass is 10.00. The van der Waals surface area contributed by atoms with Gasteiger partial charge >= 0.3 is 0 Å². The standard InChI is InChI=1S/C15H21N3O/c1-11-14(6-9-17-11)15(19)18(13-2-3-13)10-12-4-7-16-8-5-12/h4-5,7-8,11,13-14,17H,2-3,6,9-10H2,1H3. The second-order valence-electron chi connectivity index (χ2n) is 5.69. The van der Waals surface area contributed by atoms with E-state index in [2.05, 4.69) is 22.1 Å². The Morgan fingerprint density at radius 3 is 2.68 bits per heavy atom. The lowest BCUT2D eigenvalue weighted by Gasteiger charge is -2.27. The van der Waals surface area contributed by atoms with Gasteiger partial charge in [0.15, 0.2) is 0 Å². The van der Waals surface area contributed by atoms with Gasteiger partial charge in [-0.25, -0.2) is 0 Å². The summed E-state index contributed by atoms with van der Waals surface area (Å²) in [6.45, 7) is 3.81. The summed E-state index contributed by atoms with van der Waals surface area (Å²) >= 11 is 0. The summed E-state index contributed by atoms with van der Waals surface area (Å²) in [6, 6.07) is 4.78. The molecule has 2 unspecified atom stereocenters. The number of amides is 1. The van der Waals surface area contributed by atoms with E-state index in [1.165, 1.54) is 5.56 Å². The minimum absolute atomic E-state index is 0.155. The molecule has 2 atom stereocenters. The highest BCUT2D eigenvalue weighted by Gasteiger charge is 2.39. The summed E-state index contributed by atoms with van der Waals surface area (Å²) in [5.74, 6) is 0.485. The molecule has 1 aromatic heterocycles. The van der Waals surface area contributed by atoms with E-state index in [1.807, 2.05) is 12.1 Å². The van der Waals surface area contributed by atoms with Crippen LogP contribution in [0.1, 0.15) is 31.7 Å². The number of rotatable bonds is 4. The van der Waals surface area contributed by atoms with Gasteiger partial charge in [-0.2, -0.15) is 0 Å². The van der Waals surface area contributed by atoms with E-state index in [0.29, 0.717) is 18.0 Å². The fourth-order valence-electron chi connectivity index (χ4n) is 2.87. The number of carbonyl (C=O) groups is 1. The van der Waals surface area contributed by atoms with Crippen LogP contribution in [0.15, 0.2) is 24.5 Å². The molecular formula is C15H21N3O. The molecule has 1 saturated heterocycles. The summed E-state index contributed by atoms with van der Waals surface area (Å²) < 4.78 is 0. The molecule has 2 aliphatic rings. The minimum Gasteiger partial charge on any atom is -0.335 e. The number of pyridine rings is 1. The van der Waals surface area contributed by atoms with Crippen molar-refractivity contribution in [2.24, 2.45) is 5.92 Å². The second-order valence-corrected chi connectivity index (χ2v) is 5.69. The Morgan fingerprint density at radius 1 is 1.37 bits per heavy atom. The molecule has 0 aromatic carbocycles. The SMILES string of the molecule is CC1NCCC1C(=O)N(Cc1ccncc1)C1CC1. The van der Waals surface area contributed by atoms with E-state index in [-0.39, 0.29) is 5.92 Å². The summed E-state index contributed by atoms with van der Waals surface area (Å²) in [5.41, 5.74) is 1.17. The van der Waals surface area contributed by atoms with Crippen LogP contribution in [0.4, 0.5) is 0 Å².